The van der Waals surface area contributed by atoms with E-state index in [4.69, 9.17) is 76.8 Å². The van der Waals surface area contributed by atoms with Gasteiger partial charge in [-0.3, -0.25) is 0 Å². The Morgan fingerprint density at radius 1 is 0.172 bits per heavy atom. The highest BCUT2D eigenvalue weighted by Crippen LogP contribution is 2.13. The Balaban J connectivity index is 3.06. The molecule has 16 heteroatoms. The summed E-state index contributed by atoms with van der Waals surface area (Å²) in [4.78, 5) is 0. The molecule has 0 aliphatic carbocycles. The maximum absolute atomic E-state index is 5.70. The third kappa shape index (κ3) is 61.4. The van der Waals surface area contributed by atoms with Crippen molar-refractivity contribution in [2.24, 2.45) is 5.73 Å². The van der Waals surface area contributed by atoms with Gasteiger partial charge in [0.05, 0.1) is 192 Å². The smallest absolute Gasteiger partial charge is 0.0701 e. The van der Waals surface area contributed by atoms with Crippen molar-refractivity contribution >= 4 is 0 Å². The molecule has 0 spiro atoms. The number of unbranched alkanes of at least 4 members (excludes halogenated alkanes) is 15. The molecule has 0 atom stereocenters. The molecular formula is C48H99NO15. The number of rotatable bonds is 61. The molecule has 0 rings (SSSR count). The fourth-order valence-corrected chi connectivity index (χ4v) is 6.02. The molecule has 0 aromatic carbocycles. The number of hydrogen-bond donors (Lipinski definition) is 1. The van der Waals surface area contributed by atoms with Gasteiger partial charge in [0.2, 0.25) is 0 Å². The molecule has 0 aromatic rings. The third-order valence-corrected chi connectivity index (χ3v) is 9.61. The first-order valence-electron chi connectivity index (χ1n) is 25.3. The van der Waals surface area contributed by atoms with E-state index in [-0.39, 0.29) is 0 Å². The normalized spacial score (nSPS) is 11.7. The average molecular weight is 930 g/mol. The van der Waals surface area contributed by atoms with E-state index < -0.39 is 0 Å². The molecule has 386 valence electrons. The summed E-state index contributed by atoms with van der Waals surface area (Å²) in [7, 11) is 0. The van der Waals surface area contributed by atoms with Crippen LogP contribution in [0.2, 0.25) is 0 Å². The molecule has 0 heterocycles. The van der Waals surface area contributed by atoms with Gasteiger partial charge in [-0.15, -0.1) is 0 Å². The molecule has 64 heavy (non-hydrogen) atoms. The highest BCUT2D eigenvalue weighted by Gasteiger charge is 1.99. The van der Waals surface area contributed by atoms with Crippen LogP contribution in [0.1, 0.15) is 110 Å². The molecule has 16 nitrogen and oxygen atoms in total. The topological polar surface area (TPSA) is 164 Å². The lowest BCUT2D eigenvalue weighted by molar-refractivity contribution is -0.0300. The van der Waals surface area contributed by atoms with Gasteiger partial charge in [-0.25, -0.2) is 0 Å². The van der Waals surface area contributed by atoms with Gasteiger partial charge in [-0.1, -0.05) is 103 Å². The van der Waals surface area contributed by atoms with E-state index in [0.717, 1.165) is 13.0 Å². The van der Waals surface area contributed by atoms with Gasteiger partial charge in [0.25, 0.3) is 0 Å². The highest BCUT2D eigenvalue weighted by atomic mass is 16.6. The first-order valence-corrected chi connectivity index (χ1v) is 25.3. The second-order valence-electron chi connectivity index (χ2n) is 15.3. The molecule has 0 aliphatic rings. The minimum atomic E-state index is 0.506. The molecule has 0 unspecified atom stereocenters. The van der Waals surface area contributed by atoms with Crippen molar-refractivity contribution in [2.45, 2.75) is 110 Å². The predicted octanol–water partition coefficient (Wildman–Crippen LogP) is 6.46. The van der Waals surface area contributed by atoms with Crippen LogP contribution >= 0.6 is 0 Å². The lowest BCUT2D eigenvalue weighted by atomic mass is 10.0. The van der Waals surface area contributed by atoms with E-state index in [1.807, 2.05) is 0 Å². The monoisotopic (exact) mass is 930 g/mol. The second-order valence-corrected chi connectivity index (χ2v) is 15.3. The van der Waals surface area contributed by atoms with E-state index >= 15 is 0 Å². The molecule has 0 amide bonds. The van der Waals surface area contributed by atoms with Crippen molar-refractivity contribution < 1.29 is 71.1 Å². The zero-order valence-corrected chi connectivity index (χ0v) is 40.9. The van der Waals surface area contributed by atoms with Crippen LogP contribution in [0.15, 0.2) is 0 Å². The van der Waals surface area contributed by atoms with Crippen LogP contribution in [0.4, 0.5) is 0 Å². The lowest BCUT2D eigenvalue weighted by Crippen LogP contribution is -2.16. The van der Waals surface area contributed by atoms with E-state index in [0.29, 0.717) is 198 Å². The van der Waals surface area contributed by atoms with Gasteiger partial charge >= 0.3 is 0 Å². The average Bonchev–Trinajstić information content (AvgIpc) is 3.31. The van der Waals surface area contributed by atoms with Crippen LogP contribution < -0.4 is 5.73 Å². The van der Waals surface area contributed by atoms with Crippen molar-refractivity contribution in [3.63, 3.8) is 0 Å². The van der Waals surface area contributed by atoms with Crippen LogP contribution in [0.25, 0.3) is 0 Å². The van der Waals surface area contributed by atoms with Crippen molar-refractivity contribution in [3.05, 3.63) is 0 Å². The van der Waals surface area contributed by atoms with Crippen molar-refractivity contribution in [3.8, 4) is 0 Å². The van der Waals surface area contributed by atoms with Gasteiger partial charge in [-0.05, 0) is 6.42 Å². The first kappa shape index (κ1) is 63.4. The van der Waals surface area contributed by atoms with Crippen LogP contribution in [-0.2, 0) is 71.1 Å². The van der Waals surface area contributed by atoms with E-state index in [1.165, 1.54) is 96.3 Å². The zero-order valence-electron chi connectivity index (χ0n) is 40.9. The Morgan fingerprint density at radius 3 is 0.484 bits per heavy atom. The number of nitrogens with two attached hydrogens (primary N) is 1. The Bertz CT molecular complexity index is 734. The van der Waals surface area contributed by atoms with Crippen molar-refractivity contribution in [2.75, 3.05) is 205 Å². The third-order valence-electron chi connectivity index (χ3n) is 9.61. The summed E-state index contributed by atoms with van der Waals surface area (Å²) in [5.74, 6) is 0. The Morgan fingerprint density at radius 2 is 0.312 bits per heavy atom. The minimum absolute atomic E-state index is 0.506. The molecule has 0 fully saturated rings. The lowest BCUT2D eigenvalue weighted by Gasteiger charge is -2.09. The van der Waals surface area contributed by atoms with Crippen LogP contribution in [0, 0.1) is 0 Å². The summed E-state index contributed by atoms with van der Waals surface area (Å²) < 4.78 is 82.5. The standard InChI is InChI=1S/C48H99NO15/c1-2-3-4-5-6-7-8-9-10-11-12-13-14-15-16-17-19-50-21-23-52-25-27-54-29-31-56-33-35-58-37-39-60-41-43-62-45-47-64-48-46-63-44-42-61-40-38-59-36-34-57-32-30-55-28-26-53-24-22-51-20-18-49/h2-49H2,1H3. The quantitative estimate of drug-likeness (QED) is 0.0661. The Kier molecular flexibility index (Phi) is 61.7. The number of ether oxygens (including phenoxy) is 15. The van der Waals surface area contributed by atoms with E-state index in [2.05, 4.69) is 6.92 Å². The van der Waals surface area contributed by atoms with Gasteiger partial charge in [-0.2, -0.15) is 0 Å². The summed E-state index contributed by atoms with van der Waals surface area (Å²) in [5, 5.41) is 0. The van der Waals surface area contributed by atoms with Crippen molar-refractivity contribution in [1.82, 2.24) is 0 Å². The zero-order chi connectivity index (χ0) is 45.8. The first-order chi connectivity index (χ1) is 31.9. The second kappa shape index (κ2) is 62.4. The maximum atomic E-state index is 5.70. The summed E-state index contributed by atoms with van der Waals surface area (Å²) >= 11 is 0. The predicted molar refractivity (Wildman–Crippen MR) is 251 cm³/mol. The fraction of sp³-hybridized carbons (Fsp3) is 1.00. The maximum Gasteiger partial charge on any atom is 0.0701 e. The van der Waals surface area contributed by atoms with Crippen molar-refractivity contribution in [1.29, 1.82) is 0 Å². The molecule has 0 bridgehead atoms. The van der Waals surface area contributed by atoms with Gasteiger partial charge in [0.15, 0.2) is 0 Å². The number of hydrogen-bond acceptors (Lipinski definition) is 16. The summed E-state index contributed by atoms with van der Waals surface area (Å²) in [5.41, 5.74) is 5.34. The van der Waals surface area contributed by atoms with E-state index in [1.54, 1.807) is 0 Å². The van der Waals surface area contributed by atoms with E-state index in [9.17, 15) is 0 Å². The van der Waals surface area contributed by atoms with Crippen LogP contribution in [-0.4, -0.2) is 205 Å². The molecule has 0 saturated heterocycles. The Hall–Kier alpha value is -0.640. The molecule has 2 N–H and O–H groups in total. The molecule has 0 radical (unpaired) electrons. The summed E-state index contributed by atoms with van der Waals surface area (Å²) in [6, 6.07) is 0. The molecule has 0 saturated carbocycles. The van der Waals surface area contributed by atoms with Gasteiger partial charge in [0.1, 0.15) is 0 Å². The van der Waals surface area contributed by atoms with Gasteiger partial charge in [0, 0.05) is 13.2 Å². The highest BCUT2D eigenvalue weighted by molar-refractivity contribution is 4.50. The SMILES string of the molecule is CCCCCCCCCCCCCCCCCCOCCOCCOCCOCCOCCOCCOCCOCCOCCOCCOCCOCCOCCOCCOCCN. The van der Waals surface area contributed by atoms with Crippen LogP contribution in [0.5, 0.6) is 0 Å². The summed E-state index contributed by atoms with van der Waals surface area (Å²) in [6.07, 6.45) is 22.2. The summed E-state index contributed by atoms with van der Waals surface area (Å²) in [6.45, 7) is 19.0. The molecule has 0 aliphatic heterocycles. The Labute approximate surface area is 390 Å². The molecule has 0 aromatic heterocycles. The fourth-order valence-electron chi connectivity index (χ4n) is 6.02. The largest absolute Gasteiger partial charge is 0.379 e. The molecular weight excluding hydrogens is 831 g/mol. The van der Waals surface area contributed by atoms with Gasteiger partial charge < -0.3 is 76.8 Å². The van der Waals surface area contributed by atoms with Crippen LogP contribution in [0.3, 0.4) is 0 Å². The minimum Gasteiger partial charge on any atom is -0.379 e.